The fourth-order valence-electron chi connectivity index (χ4n) is 3.43. The molecule has 5 nitrogen and oxygen atoms in total. The number of benzene rings is 2. The van der Waals surface area contributed by atoms with Crippen molar-refractivity contribution in [3.8, 4) is 0 Å². The highest BCUT2D eigenvalue weighted by Gasteiger charge is 2.41. The number of thioether (sulfide) groups is 1. The van der Waals surface area contributed by atoms with E-state index in [-0.39, 0.29) is 6.10 Å². The normalized spacial score (nSPS) is 21.5. The molecular weight excluding hydrogens is 406 g/mol. The molecule has 0 aliphatic carbocycles. The van der Waals surface area contributed by atoms with Crippen LogP contribution in [0.2, 0.25) is 5.02 Å². The minimum absolute atomic E-state index is 0.00773. The van der Waals surface area contributed by atoms with Crippen LogP contribution in [0.15, 0.2) is 72.1 Å². The van der Waals surface area contributed by atoms with E-state index in [4.69, 9.17) is 26.8 Å². The summed E-state index contributed by atoms with van der Waals surface area (Å²) in [5.41, 5.74) is 8.06. The molecule has 0 spiro atoms. The highest BCUT2D eigenvalue weighted by molar-refractivity contribution is 7.99. The van der Waals surface area contributed by atoms with Gasteiger partial charge in [-0.15, -0.1) is 11.8 Å². The van der Waals surface area contributed by atoms with Crippen LogP contribution in [0.1, 0.15) is 12.0 Å². The van der Waals surface area contributed by atoms with E-state index in [1.165, 1.54) is 5.56 Å². The van der Waals surface area contributed by atoms with Crippen molar-refractivity contribution in [1.82, 2.24) is 9.55 Å². The second-order valence-corrected chi connectivity index (χ2v) is 8.67. The number of aromatic nitrogens is 2. The summed E-state index contributed by atoms with van der Waals surface area (Å²) in [7, 11) is 0. The molecule has 1 saturated heterocycles. The minimum Gasteiger partial charge on any atom is -0.398 e. The van der Waals surface area contributed by atoms with Gasteiger partial charge in [0.25, 0.3) is 0 Å². The molecule has 0 unspecified atom stereocenters. The molecule has 2 aromatic carbocycles. The number of nitrogen functional groups attached to an aromatic ring is 1. The number of anilines is 1. The number of nitrogens with two attached hydrogens (primary N) is 1. The first-order valence-corrected chi connectivity index (χ1v) is 11.0. The monoisotopic (exact) mass is 429 g/mol. The van der Waals surface area contributed by atoms with Gasteiger partial charge in [0.05, 0.1) is 25.6 Å². The van der Waals surface area contributed by atoms with Gasteiger partial charge in [0, 0.05) is 40.2 Å². The molecule has 2 heterocycles. The van der Waals surface area contributed by atoms with E-state index >= 15 is 0 Å². The van der Waals surface area contributed by atoms with Crippen LogP contribution in [-0.2, 0) is 22.4 Å². The predicted octanol–water partition coefficient (Wildman–Crippen LogP) is 4.66. The maximum Gasteiger partial charge on any atom is 0.187 e. The van der Waals surface area contributed by atoms with E-state index in [1.54, 1.807) is 24.3 Å². The van der Waals surface area contributed by atoms with Crippen LogP contribution < -0.4 is 5.73 Å². The van der Waals surface area contributed by atoms with E-state index in [9.17, 15) is 0 Å². The van der Waals surface area contributed by atoms with E-state index < -0.39 is 5.79 Å². The van der Waals surface area contributed by atoms with Gasteiger partial charge in [0.2, 0.25) is 0 Å². The molecule has 2 atom stereocenters. The Hall–Kier alpha value is -1.99. The lowest BCUT2D eigenvalue weighted by Crippen LogP contribution is -2.37. The Labute approximate surface area is 180 Å². The van der Waals surface area contributed by atoms with Crippen LogP contribution >= 0.6 is 23.4 Å². The highest BCUT2D eigenvalue weighted by Crippen LogP contribution is 2.34. The van der Waals surface area contributed by atoms with Crippen molar-refractivity contribution in [3.05, 3.63) is 77.8 Å². The number of aryl methyl sites for hydroxylation is 1. The molecule has 1 aromatic heterocycles. The molecule has 0 amide bonds. The van der Waals surface area contributed by atoms with Gasteiger partial charge in [-0.25, -0.2) is 4.98 Å². The summed E-state index contributed by atoms with van der Waals surface area (Å²) in [5.74, 6) is 0.120. The second kappa shape index (κ2) is 9.22. The lowest BCUT2D eigenvalue weighted by molar-refractivity contribution is -0.180. The van der Waals surface area contributed by atoms with E-state index in [0.717, 1.165) is 34.2 Å². The van der Waals surface area contributed by atoms with Gasteiger partial charge in [0.15, 0.2) is 5.79 Å². The molecule has 29 heavy (non-hydrogen) atoms. The van der Waals surface area contributed by atoms with Crippen LogP contribution in [0, 0.1) is 0 Å². The Balaban J connectivity index is 1.41. The van der Waals surface area contributed by atoms with E-state index in [1.807, 2.05) is 59.3 Å². The van der Waals surface area contributed by atoms with Crippen molar-refractivity contribution in [2.45, 2.75) is 36.2 Å². The fraction of sp³-hybridized carbons (Fsp3) is 0.318. The number of ether oxygens (including phenoxy) is 2. The average molecular weight is 430 g/mol. The van der Waals surface area contributed by atoms with Crippen molar-refractivity contribution in [2.24, 2.45) is 0 Å². The lowest BCUT2D eigenvalue weighted by atomic mass is 10.0. The van der Waals surface area contributed by atoms with Crippen LogP contribution in [0.25, 0.3) is 0 Å². The number of hydrogen-bond donors (Lipinski definition) is 1. The SMILES string of the molecule is Nc1ccccc1SC[C@H]1CO[C@@](CCc2ccc(Cl)cc2)(Cn2ccnc2)O1. The minimum atomic E-state index is -0.673. The summed E-state index contributed by atoms with van der Waals surface area (Å²) < 4.78 is 14.7. The van der Waals surface area contributed by atoms with Gasteiger partial charge in [-0.05, 0) is 36.2 Å². The first-order chi connectivity index (χ1) is 14.1. The number of imidazole rings is 1. The molecule has 7 heteroatoms. The van der Waals surface area contributed by atoms with Crippen molar-refractivity contribution in [1.29, 1.82) is 0 Å². The Morgan fingerprint density at radius 1 is 1.21 bits per heavy atom. The first-order valence-electron chi connectivity index (χ1n) is 9.61. The predicted molar refractivity (Wildman–Crippen MR) is 117 cm³/mol. The molecular formula is C22H24ClN3O2S. The Bertz CT molecular complexity index is 920. The molecule has 0 saturated carbocycles. The zero-order chi connectivity index (χ0) is 20.1. The molecule has 4 rings (SSSR count). The van der Waals surface area contributed by atoms with Gasteiger partial charge in [-0.2, -0.15) is 0 Å². The highest BCUT2D eigenvalue weighted by atomic mass is 35.5. The fourth-order valence-corrected chi connectivity index (χ4v) is 4.50. The summed E-state index contributed by atoms with van der Waals surface area (Å²) in [6.07, 6.45) is 7.10. The zero-order valence-electron chi connectivity index (χ0n) is 16.0. The maximum absolute atomic E-state index is 6.47. The second-order valence-electron chi connectivity index (χ2n) is 7.17. The van der Waals surface area contributed by atoms with E-state index in [2.05, 4.69) is 4.98 Å². The molecule has 3 aromatic rings. The number of para-hydroxylation sites is 1. The third kappa shape index (κ3) is 5.34. The molecule has 2 N–H and O–H groups in total. The van der Waals surface area contributed by atoms with Gasteiger partial charge in [0.1, 0.15) is 0 Å². The number of hydrogen-bond acceptors (Lipinski definition) is 5. The average Bonchev–Trinajstić information content (AvgIpc) is 3.38. The van der Waals surface area contributed by atoms with Crippen LogP contribution in [0.5, 0.6) is 0 Å². The van der Waals surface area contributed by atoms with Gasteiger partial charge in [-0.3, -0.25) is 0 Å². The summed E-state index contributed by atoms with van der Waals surface area (Å²) in [5, 5.41) is 0.743. The third-order valence-electron chi connectivity index (χ3n) is 4.95. The number of nitrogens with zero attached hydrogens (tertiary/aromatic N) is 2. The van der Waals surface area contributed by atoms with Gasteiger partial charge < -0.3 is 19.8 Å². The largest absolute Gasteiger partial charge is 0.398 e. The van der Waals surface area contributed by atoms with Crippen LogP contribution in [0.3, 0.4) is 0 Å². The van der Waals surface area contributed by atoms with Gasteiger partial charge >= 0.3 is 0 Å². The van der Waals surface area contributed by atoms with Crippen molar-refractivity contribution in [2.75, 3.05) is 18.1 Å². The van der Waals surface area contributed by atoms with Crippen molar-refractivity contribution in [3.63, 3.8) is 0 Å². The molecule has 0 bridgehead atoms. The van der Waals surface area contributed by atoms with E-state index in [0.29, 0.717) is 13.2 Å². The third-order valence-corrected chi connectivity index (χ3v) is 6.42. The Morgan fingerprint density at radius 3 is 2.79 bits per heavy atom. The lowest BCUT2D eigenvalue weighted by Gasteiger charge is -2.28. The first kappa shape index (κ1) is 20.3. The topological polar surface area (TPSA) is 62.3 Å². The standard InChI is InChI=1S/C22H24ClN3O2S/c23-18-7-5-17(6-8-18)9-10-22(15-26-12-11-25-16-26)27-13-19(28-22)14-29-21-4-2-1-3-20(21)24/h1-8,11-12,16,19H,9-10,13-15,24H2/t19-,22-/m1/s1. The summed E-state index contributed by atoms with van der Waals surface area (Å²) in [6, 6.07) is 15.8. The molecule has 1 fully saturated rings. The van der Waals surface area contributed by atoms with Crippen molar-refractivity contribution < 1.29 is 9.47 Å². The number of halogens is 1. The zero-order valence-corrected chi connectivity index (χ0v) is 17.6. The van der Waals surface area contributed by atoms with Gasteiger partial charge in [-0.1, -0.05) is 35.9 Å². The molecule has 0 radical (unpaired) electrons. The van der Waals surface area contributed by atoms with Crippen LogP contribution in [0.4, 0.5) is 5.69 Å². The van der Waals surface area contributed by atoms with Crippen molar-refractivity contribution >= 4 is 29.1 Å². The van der Waals surface area contributed by atoms with Crippen LogP contribution in [-0.4, -0.2) is 33.8 Å². The number of rotatable bonds is 8. The summed E-state index contributed by atoms with van der Waals surface area (Å²) in [4.78, 5) is 5.22. The quantitative estimate of drug-likeness (QED) is 0.417. The maximum atomic E-state index is 6.47. The Kier molecular flexibility index (Phi) is 6.45. The molecule has 152 valence electrons. The Morgan fingerprint density at radius 2 is 2.03 bits per heavy atom. The molecule has 1 aliphatic heterocycles. The smallest absolute Gasteiger partial charge is 0.187 e. The molecule has 1 aliphatic rings. The summed E-state index contributed by atoms with van der Waals surface area (Å²) >= 11 is 7.71. The summed E-state index contributed by atoms with van der Waals surface area (Å²) in [6.45, 7) is 1.17.